The van der Waals surface area contributed by atoms with E-state index in [1.807, 2.05) is 12.1 Å². The summed E-state index contributed by atoms with van der Waals surface area (Å²) < 4.78 is 6.12. The highest BCUT2D eigenvalue weighted by Crippen LogP contribution is 2.47. The molecule has 0 radical (unpaired) electrons. The van der Waals surface area contributed by atoms with E-state index in [-0.39, 0.29) is 72.0 Å². The summed E-state index contributed by atoms with van der Waals surface area (Å²) in [5.74, 6) is -2.49. The average Bonchev–Trinajstić information content (AvgIpc) is 0.773. The van der Waals surface area contributed by atoms with Gasteiger partial charge in [-0.25, -0.2) is 34.3 Å². The van der Waals surface area contributed by atoms with Gasteiger partial charge < -0.3 is 25.4 Å². The summed E-state index contributed by atoms with van der Waals surface area (Å²) >= 11 is 3.35. The SMILES string of the molecule is CC(=O)c1cnc2c(n1)C(C)(C)CCC2(C)C.CC1(C)CCC(C)(C)c2nc(C(/C=C/c3ccc(C(=O)O)cc3)=NO)cnc21.CC1(C)CCC(C)(C)c2nc(C(/C=C/c3ccc(C(=O)O)cc3)=N\O)cnc21.CCOC(=O)c1ccc(/C=C/C(=O)c2cnc3c(n2)C(C)(C)CCC3(C)C)cc1.Cc1ccc(Br)cc1. The van der Waals surface area contributed by atoms with E-state index in [0.717, 1.165) is 118 Å². The second kappa shape index (κ2) is 34.7. The summed E-state index contributed by atoms with van der Waals surface area (Å²) in [6.45, 7) is 40.5. The third-order valence-corrected chi connectivity index (χ3v) is 21.6. The lowest BCUT2D eigenvalue weighted by molar-refractivity contribution is 0.0525. The maximum absolute atomic E-state index is 12.7. The van der Waals surface area contributed by atoms with Crippen LogP contribution in [0.15, 0.2) is 155 Å². The van der Waals surface area contributed by atoms with Crippen LogP contribution in [0.2, 0.25) is 0 Å². The first-order valence-electron chi connectivity index (χ1n) is 37.2. The molecular weight excluding hydrogens is 1450 g/mol. The second-order valence-corrected chi connectivity index (χ2v) is 34.7. The first-order valence-corrected chi connectivity index (χ1v) is 38.0. The zero-order chi connectivity index (χ0) is 81.1. The van der Waals surface area contributed by atoms with E-state index in [9.17, 15) is 34.4 Å². The van der Waals surface area contributed by atoms with Crippen LogP contribution in [-0.4, -0.2) is 108 Å². The number of esters is 1. The Morgan fingerprint density at radius 2 is 0.673 bits per heavy atom. The van der Waals surface area contributed by atoms with Crippen molar-refractivity contribution >= 4 is 75.1 Å². The standard InChI is InChI=1S/C24H28N2O3.2C22H25N3O3.C14H20N2O.C7H7Br/c1-6-29-22(28)17-10-7-16(8-11-17)9-12-19(27)18-15-25-20-21(26-18)24(4,5)14-13-23(20,2)3;2*1-21(2)11-12-22(3,4)19-18(21)23-13-17(24-19)16(25-28)10-7-14-5-8-15(9-6-14)20(26)27;1-9(17)10-8-15-11-12(16-10)14(4,5)7-6-13(11,2)3;1-6-2-4-7(8)5-3-6/h7-12,15H,6,13-14H2,1-5H3;2*5-10,13,28H,11-12H2,1-4H3,(H,26,27);8H,6-7H2,1-5H3;2-5H,1H3/b12-9+;10-7+,25-16?;10-7+,25-16-;;. The highest BCUT2D eigenvalue weighted by molar-refractivity contribution is 9.10. The van der Waals surface area contributed by atoms with Crippen molar-refractivity contribution in [3.05, 3.63) is 252 Å². The number of aromatic carboxylic acids is 2. The normalized spacial score (nSPS) is 17.6. The van der Waals surface area contributed by atoms with E-state index in [0.29, 0.717) is 46.4 Å². The molecule has 12 rings (SSSR count). The van der Waals surface area contributed by atoms with Crippen molar-refractivity contribution < 1.29 is 49.3 Å². The lowest BCUT2D eigenvalue weighted by atomic mass is 9.67. The summed E-state index contributed by atoms with van der Waals surface area (Å²) in [4.78, 5) is 95.0. The Bertz CT molecular complexity index is 4680. The molecule has 0 aliphatic heterocycles. The van der Waals surface area contributed by atoms with Crippen LogP contribution in [-0.2, 0) is 48.1 Å². The van der Waals surface area contributed by atoms with Crippen LogP contribution in [0, 0.1) is 6.92 Å². The smallest absolute Gasteiger partial charge is 0.338 e. The highest BCUT2D eigenvalue weighted by Gasteiger charge is 2.44. The van der Waals surface area contributed by atoms with Gasteiger partial charge in [-0.3, -0.25) is 29.5 Å². The maximum atomic E-state index is 12.7. The van der Waals surface area contributed by atoms with Gasteiger partial charge >= 0.3 is 17.9 Å². The number of ketones is 2. The number of ether oxygens (including phenoxy) is 1. The Labute approximate surface area is 655 Å². The number of hydrogen-bond donors (Lipinski definition) is 4. The molecule has 4 N–H and O–H groups in total. The Morgan fingerprint density at radius 1 is 0.400 bits per heavy atom. The minimum atomic E-state index is -0.969. The molecule has 0 atom stereocenters. The molecular formula is C89H105BrN10O10. The van der Waals surface area contributed by atoms with Crippen LogP contribution in [0.1, 0.15) is 307 Å². The van der Waals surface area contributed by atoms with Gasteiger partial charge in [0.2, 0.25) is 5.78 Å². The first kappa shape index (κ1) is 85.2. The minimum absolute atomic E-state index is 0.0144. The number of halogens is 1. The quantitative estimate of drug-likeness (QED) is 0.0196. The Morgan fingerprint density at radius 3 is 0.964 bits per heavy atom. The summed E-state index contributed by atoms with van der Waals surface area (Å²) in [6, 6.07) is 28.0. The average molecular weight is 1550 g/mol. The number of carbonyl (C=O) groups is 5. The zero-order valence-corrected chi connectivity index (χ0v) is 68.5. The van der Waals surface area contributed by atoms with Crippen LogP contribution in [0.5, 0.6) is 0 Å². The fourth-order valence-corrected chi connectivity index (χ4v) is 13.6. The van der Waals surface area contributed by atoms with Crippen molar-refractivity contribution in [2.24, 2.45) is 10.3 Å². The molecule has 4 aliphatic carbocycles. The van der Waals surface area contributed by atoms with Gasteiger partial charge in [0, 0.05) is 54.7 Å². The van der Waals surface area contributed by atoms with Crippen molar-refractivity contribution in [1.82, 2.24) is 39.9 Å². The number of fused-ring (bicyclic) bond motifs is 4. The molecule has 4 aromatic carbocycles. The summed E-state index contributed by atoms with van der Waals surface area (Å²) in [7, 11) is 0. The van der Waals surface area contributed by atoms with Gasteiger partial charge in [0.1, 0.15) is 34.2 Å². The molecule has 0 saturated heterocycles. The topological polar surface area (TPSA) is 303 Å². The molecule has 21 heteroatoms. The third-order valence-electron chi connectivity index (χ3n) is 21.1. The van der Waals surface area contributed by atoms with Gasteiger partial charge in [0.25, 0.3) is 0 Å². The Kier molecular flexibility index (Phi) is 26.8. The molecule has 4 aliphatic rings. The summed E-state index contributed by atoms with van der Waals surface area (Å²) in [5.41, 5.74) is 14.6. The molecule has 0 saturated carbocycles. The number of benzene rings is 4. The van der Waals surface area contributed by atoms with Gasteiger partial charge in [0.05, 0.1) is 93.6 Å². The second-order valence-electron chi connectivity index (χ2n) is 33.8. The number of carbonyl (C=O) groups excluding carboxylic acids is 3. The number of carboxylic acids is 2. The molecule has 4 heterocycles. The molecule has 110 heavy (non-hydrogen) atoms. The van der Waals surface area contributed by atoms with Crippen molar-refractivity contribution in [2.75, 3.05) is 6.61 Å². The van der Waals surface area contributed by atoms with Crippen molar-refractivity contribution in [1.29, 1.82) is 0 Å². The van der Waals surface area contributed by atoms with Crippen molar-refractivity contribution in [3.63, 3.8) is 0 Å². The Hall–Kier alpha value is -10.4. The van der Waals surface area contributed by atoms with Gasteiger partial charge in [0.15, 0.2) is 5.78 Å². The number of hydrogen-bond acceptors (Lipinski definition) is 18. The predicted molar refractivity (Wildman–Crippen MR) is 435 cm³/mol. The predicted octanol–water partition coefficient (Wildman–Crippen LogP) is 19.5. The summed E-state index contributed by atoms with van der Waals surface area (Å²) in [5, 5.41) is 43.7. The minimum Gasteiger partial charge on any atom is -0.478 e. The molecule has 20 nitrogen and oxygen atoms in total. The molecule has 4 aromatic heterocycles. The fourth-order valence-electron chi connectivity index (χ4n) is 13.3. The van der Waals surface area contributed by atoms with Gasteiger partial charge in [-0.1, -0.05) is 209 Å². The number of aromatic nitrogens is 8. The monoisotopic (exact) mass is 1550 g/mol. The number of Topliss-reactive ketones (excluding diaryl/α,β-unsaturated/α-hetero) is 1. The molecule has 0 fully saturated rings. The fraction of sp³-hybridized carbons (Fsp3) is 0.404. The lowest BCUT2D eigenvalue weighted by Gasteiger charge is -2.39. The van der Waals surface area contributed by atoms with Crippen LogP contribution >= 0.6 is 15.9 Å². The van der Waals surface area contributed by atoms with E-state index >= 15 is 0 Å². The number of rotatable bonds is 14. The third kappa shape index (κ3) is 21.1. The van der Waals surface area contributed by atoms with Crippen LogP contribution in [0.25, 0.3) is 18.2 Å². The van der Waals surface area contributed by atoms with Crippen LogP contribution in [0.4, 0.5) is 0 Å². The number of carboxylic acid groups (broad SMARTS) is 2. The van der Waals surface area contributed by atoms with Crippen LogP contribution < -0.4 is 0 Å². The number of oxime groups is 2. The van der Waals surface area contributed by atoms with E-state index in [1.165, 1.54) is 42.8 Å². The highest BCUT2D eigenvalue weighted by atomic mass is 79.9. The molecule has 578 valence electrons. The number of aryl methyl sites for hydroxylation is 1. The number of allylic oxidation sites excluding steroid dienone is 3. The van der Waals surface area contributed by atoms with E-state index in [4.69, 9.17) is 29.9 Å². The zero-order valence-electron chi connectivity index (χ0n) is 67.0. The first-order chi connectivity index (χ1) is 51.4. The summed E-state index contributed by atoms with van der Waals surface area (Å²) in [6.07, 6.45) is 24.9. The Balaban J connectivity index is 0.000000180. The van der Waals surface area contributed by atoms with Crippen molar-refractivity contribution in [2.45, 2.75) is 226 Å². The molecule has 0 spiro atoms. The van der Waals surface area contributed by atoms with Gasteiger partial charge in [-0.2, -0.15) is 0 Å². The molecule has 0 unspecified atom stereocenters. The van der Waals surface area contributed by atoms with Gasteiger partial charge in [-0.05, 0) is 149 Å². The van der Waals surface area contributed by atoms with Crippen molar-refractivity contribution in [3.8, 4) is 0 Å². The largest absolute Gasteiger partial charge is 0.478 e. The number of nitrogens with zero attached hydrogens (tertiary/aromatic N) is 10. The molecule has 0 bridgehead atoms. The van der Waals surface area contributed by atoms with E-state index < -0.39 is 11.9 Å². The molecule has 8 aromatic rings. The van der Waals surface area contributed by atoms with Gasteiger partial charge in [-0.15, -0.1) is 0 Å². The van der Waals surface area contributed by atoms with E-state index in [2.05, 4.69) is 181 Å². The maximum Gasteiger partial charge on any atom is 0.338 e. The molecule has 0 amide bonds. The van der Waals surface area contributed by atoms with E-state index in [1.54, 1.807) is 111 Å². The van der Waals surface area contributed by atoms with Crippen LogP contribution in [0.3, 0.4) is 0 Å². The lowest BCUT2D eigenvalue weighted by Crippen LogP contribution is -2.36.